The maximum Gasteiger partial charge on any atom is 0.144 e. The van der Waals surface area contributed by atoms with Gasteiger partial charge in [-0.05, 0) is 12.5 Å². The lowest BCUT2D eigenvalue weighted by molar-refractivity contribution is 0.405. The second-order valence-electron chi connectivity index (χ2n) is 6.07. The normalized spacial score (nSPS) is 10.4. The molecule has 0 aliphatic rings. The molecule has 2 aromatic carbocycles. The lowest BCUT2D eigenvalue weighted by Gasteiger charge is -2.22. The van der Waals surface area contributed by atoms with Gasteiger partial charge in [0, 0.05) is 31.3 Å². The highest BCUT2D eigenvalue weighted by Gasteiger charge is 2.13. The lowest BCUT2D eigenvalue weighted by Crippen LogP contribution is -2.23. The van der Waals surface area contributed by atoms with Gasteiger partial charge in [-0.2, -0.15) is 0 Å². The molecule has 0 spiro atoms. The SMILES string of the molecule is CCN(Cc1ccccc1)c1cc(Nc2cc(OC)c(Cl)cc2OC)ncn1. The maximum atomic E-state index is 6.18. The predicted octanol–water partition coefficient (Wildman–Crippen LogP) is 4.92. The van der Waals surface area contributed by atoms with Crippen molar-refractivity contribution in [3.05, 3.63) is 65.4 Å². The molecule has 0 amide bonds. The quantitative estimate of drug-likeness (QED) is 0.581. The van der Waals surface area contributed by atoms with Crippen molar-refractivity contribution in [3.8, 4) is 11.5 Å². The van der Waals surface area contributed by atoms with Crippen molar-refractivity contribution >= 4 is 28.9 Å². The van der Waals surface area contributed by atoms with Gasteiger partial charge < -0.3 is 19.7 Å². The molecule has 3 aromatic rings. The number of rotatable bonds is 8. The van der Waals surface area contributed by atoms with Crippen LogP contribution in [0.1, 0.15) is 12.5 Å². The topological polar surface area (TPSA) is 59.5 Å². The van der Waals surface area contributed by atoms with Crippen LogP contribution in [0.5, 0.6) is 11.5 Å². The van der Waals surface area contributed by atoms with Crippen molar-refractivity contribution in [1.82, 2.24) is 9.97 Å². The summed E-state index contributed by atoms with van der Waals surface area (Å²) >= 11 is 6.18. The third kappa shape index (κ3) is 4.64. The fourth-order valence-corrected chi connectivity index (χ4v) is 3.07. The number of nitrogens with one attached hydrogen (secondary N) is 1. The van der Waals surface area contributed by atoms with Gasteiger partial charge in [0.1, 0.15) is 29.5 Å². The van der Waals surface area contributed by atoms with Crippen LogP contribution in [-0.2, 0) is 6.54 Å². The van der Waals surface area contributed by atoms with Crippen molar-refractivity contribution in [1.29, 1.82) is 0 Å². The Morgan fingerprint density at radius 1 is 1.00 bits per heavy atom. The minimum absolute atomic E-state index is 0.480. The average molecular weight is 399 g/mol. The fourth-order valence-electron chi connectivity index (χ4n) is 2.84. The molecule has 1 N–H and O–H groups in total. The molecule has 0 radical (unpaired) electrons. The number of anilines is 3. The first-order chi connectivity index (χ1) is 13.6. The number of aromatic nitrogens is 2. The van der Waals surface area contributed by atoms with Crippen LogP contribution < -0.4 is 19.7 Å². The standard InChI is InChI=1S/C21H23ClN4O2/c1-4-26(13-15-8-6-5-7-9-15)21-12-20(23-14-24-21)25-17-11-18(27-2)16(22)10-19(17)28-3/h5-12,14H,4,13H2,1-3H3,(H,23,24,25). The summed E-state index contributed by atoms with van der Waals surface area (Å²) in [6.45, 7) is 3.69. The molecule has 7 heteroatoms. The van der Waals surface area contributed by atoms with Gasteiger partial charge in [-0.15, -0.1) is 0 Å². The third-order valence-corrected chi connectivity index (χ3v) is 4.61. The van der Waals surface area contributed by atoms with E-state index in [-0.39, 0.29) is 0 Å². The number of benzene rings is 2. The lowest BCUT2D eigenvalue weighted by atomic mass is 10.2. The summed E-state index contributed by atoms with van der Waals surface area (Å²) in [4.78, 5) is 11.0. The van der Waals surface area contributed by atoms with Crippen LogP contribution in [0.15, 0.2) is 54.9 Å². The molecule has 1 heterocycles. The van der Waals surface area contributed by atoms with Crippen LogP contribution in [0.2, 0.25) is 5.02 Å². The Kier molecular flexibility index (Phi) is 6.55. The van der Waals surface area contributed by atoms with Gasteiger partial charge in [0.2, 0.25) is 0 Å². The van der Waals surface area contributed by atoms with Gasteiger partial charge in [0.25, 0.3) is 0 Å². The van der Waals surface area contributed by atoms with E-state index in [9.17, 15) is 0 Å². The second-order valence-corrected chi connectivity index (χ2v) is 6.48. The Hall–Kier alpha value is -2.99. The maximum absolute atomic E-state index is 6.18. The molecule has 3 rings (SSSR count). The van der Waals surface area contributed by atoms with Gasteiger partial charge >= 0.3 is 0 Å². The van der Waals surface area contributed by atoms with E-state index in [4.69, 9.17) is 21.1 Å². The van der Waals surface area contributed by atoms with E-state index >= 15 is 0 Å². The molecule has 0 aliphatic carbocycles. The van der Waals surface area contributed by atoms with Gasteiger partial charge in [-0.25, -0.2) is 9.97 Å². The van der Waals surface area contributed by atoms with Crippen molar-refractivity contribution < 1.29 is 9.47 Å². The van der Waals surface area contributed by atoms with Gasteiger partial charge in [-0.3, -0.25) is 0 Å². The van der Waals surface area contributed by atoms with Crippen molar-refractivity contribution in [2.24, 2.45) is 0 Å². The highest BCUT2D eigenvalue weighted by Crippen LogP contribution is 2.37. The molecule has 0 saturated heterocycles. The van der Waals surface area contributed by atoms with Crippen LogP contribution >= 0.6 is 11.6 Å². The molecule has 0 saturated carbocycles. The molecule has 146 valence electrons. The van der Waals surface area contributed by atoms with E-state index in [1.165, 1.54) is 5.56 Å². The highest BCUT2D eigenvalue weighted by molar-refractivity contribution is 6.32. The van der Waals surface area contributed by atoms with Gasteiger partial charge in [0.05, 0.1) is 24.9 Å². The predicted molar refractivity (Wildman–Crippen MR) is 113 cm³/mol. The zero-order chi connectivity index (χ0) is 19.9. The zero-order valence-electron chi connectivity index (χ0n) is 16.1. The number of hydrogen-bond acceptors (Lipinski definition) is 6. The summed E-state index contributed by atoms with van der Waals surface area (Å²) in [5, 5.41) is 3.75. The minimum atomic E-state index is 0.480. The zero-order valence-corrected chi connectivity index (χ0v) is 16.9. The molecule has 1 aromatic heterocycles. The fraction of sp³-hybridized carbons (Fsp3) is 0.238. The summed E-state index contributed by atoms with van der Waals surface area (Å²) in [6, 6.07) is 15.7. The number of nitrogens with zero attached hydrogens (tertiary/aromatic N) is 3. The van der Waals surface area contributed by atoms with Gasteiger partial charge in [0.15, 0.2) is 0 Å². The van der Waals surface area contributed by atoms with Gasteiger partial charge in [-0.1, -0.05) is 41.9 Å². The number of methoxy groups -OCH3 is 2. The Labute approximate surface area is 170 Å². The third-order valence-electron chi connectivity index (χ3n) is 4.31. The molecule has 0 bridgehead atoms. The second kappa shape index (κ2) is 9.28. The molecule has 0 unspecified atom stereocenters. The van der Waals surface area contributed by atoms with E-state index in [0.29, 0.717) is 28.0 Å². The number of ether oxygens (including phenoxy) is 2. The number of hydrogen-bond donors (Lipinski definition) is 1. The molecular weight excluding hydrogens is 376 g/mol. The molecule has 6 nitrogen and oxygen atoms in total. The average Bonchev–Trinajstić information content (AvgIpc) is 2.73. The first-order valence-electron chi connectivity index (χ1n) is 8.94. The van der Waals surface area contributed by atoms with E-state index < -0.39 is 0 Å². The molecule has 0 aliphatic heterocycles. The monoisotopic (exact) mass is 398 g/mol. The van der Waals surface area contributed by atoms with Crippen molar-refractivity contribution in [2.75, 3.05) is 31.0 Å². The molecule has 28 heavy (non-hydrogen) atoms. The van der Waals surface area contributed by atoms with Crippen molar-refractivity contribution in [2.45, 2.75) is 13.5 Å². The van der Waals surface area contributed by atoms with E-state index in [1.54, 1.807) is 32.7 Å². The molecular formula is C21H23ClN4O2. The minimum Gasteiger partial charge on any atom is -0.495 e. The summed E-state index contributed by atoms with van der Waals surface area (Å²) in [5.41, 5.74) is 1.93. The Morgan fingerprint density at radius 3 is 2.43 bits per heavy atom. The highest BCUT2D eigenvalue weighted by atomic mass is 35.5. The van der Waals surface area contributed by atoms with Crippen LogP contribution in [0.4, 0.5) is 17.3 Å². The molecule has 0 fully saturated rings. The first-order valence-corrected chi connectivity index (χ1v) is 9.31. The Balaban J connectivity index is 1.85. The van der Waals surface area contributed by atoms with E-state index in [2.05, 4.69) is 39.2 Å². The van der Waals surface area contributed by atoms with E-state index in [1.807, 2.05) is 24.3 Å². The molecule has 0 atom stereocenters. The Morgan fingerprint density at radius 2 is 1.75 bits per heavy atom. The summed E-state index contributed by atoms with van der Waals surface area (Å²) in [5.74, 6) is 2.64. The summed E-state index contributed by atoms with van der Waals surface area (Å²) < 4.78 is 10.7. The van der Waals surface area contributed by atoms with Crippen LogP contribution in [0.3, 0.4) is 0 Å². The Bertz CT molecular complexity index is 922. The number of halogens is 1. The smallest absolute Gasteiger partial charge is 0.144 e. The largest absolute Gasteiger partial charge is 0.495 e. The van der Waals surface area contributed by atoms with Crippen LogP contribution in [0.25, 0.3) is 0 Å². The van der Waals surface area contributed by atoms with Crippen LogP contribution in [0, 0.1) is 0 Å². The van der Waals surface area contributed by atoms with Crippen molar-refractivity contribution in [3.63, 3.8) is 0 Å². The summed E-state index contributed by atoms with van der Waals surface area (Å²) in [6.07, 6.45) is 1.55. The summed E-state index contributed by atoms with van der Waals surface area (Å²) in [7, 11) is 3.16. The first kappa shape index (κ1) is 19.8. The van der Waals surface area contributed by atoms with E-state index in [0.717, 1.165) is 18.9 Å². The van der Waals surface area contributed by atoms with Crippen LogP contribution in [-0.4, -0.2) is 30.7 Å².